The van der Waals surface area contributed by atoms with E-state index < -0.39 is 33.4 Å². The second-order valence-corrected chi connectivity index (χ2v) is 8.56. The molecule has 0 radical (unpaired) electrons. The summed E-state index contributed by atoms with van der Waals surface area (Å²) in [7, 11) is -2.38. The second-order valence-electron chi connectivity index (χ2n) is 6.85. The van der Waals surface area contributed by atoms with Crippen LogP contribution in [0.4, 0.5) is 5.69 Å². The van der Waals surface area contributed by atoms with Crippen LogP contribution >= 0.6 is 0 Å². The lowest BCUT2D eigenvalue weighted by Gasteiger charge is -2.19. The fraction of sp³-hybridized carbons (Fsp3) is 0.500. The van der Waals surface area contributed by atoms with Gasteiger partial charge in [-0.15, -0.1) is 0 Å². The van der Waals surface area contributed by atoms with Gasteiger partial charge in [-0.1, -0.05) is 13.8 Å². The number of likely N-dealkylation sites (N-methyl/N-ethyl adjacent to an activating group) is 1. The molecular formula is C16H22N2O5S. The van der Waals surface area contributed by atoms with E-state index in [9.17, 15) is 23.1 Å². The van der Waals surface area contributed by atoms with Gasteiger partial charge in [-0.3, -0.25) is 9.59 Å². The van der Waals surface area contributed by atoms with Crippen LogP contribution in [0.3, 0.4) is 0 Å². The van der Waals surface area contributed by atoms with Crippen LogP contribution in [0.1, 0.15) is 33.3 Å². The zero-order valence-electron chi connectivity index (χ0n) is 14.3. The van der Waals surface area contributed by atoms with E-state index in [1.807, 2.05) is 0 Å². The Morgan fingerprint density at radius 3 is 2.38 bits per heavy atom. The van der Waals surface area contributed by atoms with Gasteiger partial charge in [0.05, 0.1) is 10.3 Å². The van der Waals surface area contributed by atoms with E-state index in [0.29, 0.717) is 11.3 Å². The molecule has 0 saturated carbocycles. The molecule has 8 heteroatoms. The van der Waals surface area contributed by atoms with Crippen LogP contribution < -0.4 is 9.62 Å². The summed E-state index contributed by atoms with van der Waals surface area (Å²) in [6.07, 6.45) is 0. The Balaban J connectivity index is 2.46. The normalized spacial score (nSPS) is 17.9. The molecule has 0 aromatic heterocycles. The van der Waals surface area contributed by atoms with Crippen LogP contribution in [0.5, 0.6) is 0 Å². The van der Waals surface area contributed by atoms with Crippen LogP contribution in [0.2, 0.25) is 0 Å². The van der Waals surface area contributed by atoms with Crippen molar-refractivity contribution in [3.05, 3.63) is 23.8 Å². The van der Waals surface area contributed by atoms with Crippen LogP contribution in [0, 0.1) is 5.92 Å². The molecule has 0 unspecified atom stereocenters. The fourth-order valence-electron chi connectivity index (χ4n) is 2.83. The summed E-state index contributed by atoms with van der Waals surface area (Å²) in [6.45, 7) is 6.72. The van der Waals surface area contributed by atoms with Crippen molar-refractivity contribution in [2.24, 2.45) is 5.92 Å². The molecule has 1 aliphatic heterocycles. The Morgan fingerprint density at radius 1 is 1.29 bits per heavy atom. The van der Waals surface area contributed by atoms with Crippen molar-refractivity contribution in [2.45, 2.75) is 44.0 Å². The summed E-state index contributed by atoms with van der Waals surface area (Å²) >= 11 is 0. The summed E-state index contributed by atoms with van der Waals surface area (Å²) in [5.74, 6) is -1.76. The molecule has 2 rings (SSSR count). The van der Waals surface area contributed by atoms with Crippen LogP contribution in [-0.2, 0) is 25.0 Å². The fourth-order valence-corrected chi connectivity index (χ4v) is 4.19. The Labute approximate surface area is 141 Å². The monoisotopic (exact) mass is 354 g/mol. The minimum Gasteiger partial charge on any atom is -0.480 e. The highest BCUT2D eigenvalue weighted by Gasteiger charge is 2.43. The van der Waals surface area contributed by atoms with E-state index in [-0.39, 0.29) is 10.8 Å². The number of nitrogens with zero attached hydrogens (tertiary/aromatic N) is 1. The maximum Gasteiger partial charge on any atom is 0.322 e. The highest BCUT2D eigenvalue weighted by atomic mass is 32.2. The third kappa shape index (κ3) is 2.91. The first-order chi connectivity index (χ1) is 10.9. The molecule has 1 atom stereocenters. The number of hydrogen-bond acceptors (Lipinski definition) is 4. The van der Waals surface area contributed by atoms with Gasteiger partial charge in [0.15, 0.2) is 0 Å². The Morgan fingerprint density at radius 2 is 1.88 bits per heavy atom. The molecule has 0 saturated heterocycles. The summed E-state index contributed by atoms with van der Waals surface area (Å²) in [6, 6.07) is 3.17. The van der Waals surface area contributed by atoms with Crippen LogP contribution in [-0.4, -0.2) is 38.5 Å². The van der Waals surface area contributed by atoms with Gasteiger partial charge in [-0.05, 0) is 43.5 Å². The largest absolute Gasteiger partial charge is 0.480 e. The van der Waals surface area contributed by atoms with Gasteiger partial charge in [-0.25, -0.2) is 8.42 Å². The Hall–Kier alpha value is -1.93. The van der Waals surface area contributed by atoms with Gasteiger partial charge in [0.2, 0.25) is 15.9 Å². The van der Waals surface area contributed by atoms with Gasteiger partial charge in [0.1, 0.15) is 6.04 Å². The number of aliphatic carboxylic acids is 1. The van der Waals surface area contributed by atoms with Gasteiger partial charge in [0.25, 0.3) is 0 Å². The average Bonchev–Trinajstić information content (AvgIpc) is 2.65. The van der Waals surface area contributed by atoms with Crippen molar-refractivity contribution in [3.8, 4) is 0 Å². The van der Waals surface area contributed by atoms with E-state index in [4.69, 9.17) is 0 Å². The average molecular weight is 354 g/mol. The summed E-state index contributed by atoms with van der Waals surface area (Å²) in [5, 5.41) is 9.18. The number of fused-ring (bicyclic) bond motifs is 1. The molecule has 132 valence electrons. The first-order valence-electron chi connectivity index (χ1n) is 7.57. The van der Waals surface area contributed by atoms with Gasteiger partial charge >= 0.3 is 5.97 Å². The number of carboxylic acid groups (broad SMARTS) is 1. The zero-order chi connectivity index (χ0) is 18.4. The third-order valence-electron chi connectivity index (χ3n) is 4.37. The summed E-state index contributed by atoms with van der Waals surface area (Å²) < 4.78 is 27.3. The van der Waals surface area contributed by atoms with E-state index in [0.717, 1.165) is 0 Å². The first kappa shape index (κ1) is 18.4. The Bertz CT molecular complexity index is 799. The lowest BCUT2D eigenvalue weighted by Crippen LogP contribution is -2.44. The summed E-state index contributed by atoms with van der Waals surface area (Å²) in [5.41, 5.74) is 0.428. The van der Waals surface area contributed by atoms with Gasteiger partial charge in [-0.2, -0.15) is 4.72 Å². The van der Waals surface area contributed by atoms with Crippen molar-refractivity contribution in [3.63, 3.8) is 0 Å². The number of amides is 1. The van der Waals surface area contributed by atoms with E-state index in [1.54, 1.807) is 40.8 Å². The topological polar surface area (TPSA) is 104 Å². The molecule has 24 heavy (non-hydrogen) atoms. The number of hydrogen-bond donors (Lipinski definition) is 2. The number of carboxylic acids is 1. The first-order valence-corrected chi connectivity index (χ1v) is 9.05. The highest BCUT2D eigenvalue weighted by Crippen LogP contribution is 2.41. The lowest BCUT2D eigenvalue weighted by molar-refractivity contribution is -0.140. The number of sulfonamides is 1. The second kappa shape index (κ2) is 5.86. The number of anilines is 1. The highest BCUT2D eigenvalue weighted by molar-refractivity contribution is 7.89. The van der Waals surface area contributed by atoms with Gasteiger partial charge < -0.3 is 10.0 Å². The molecule has 1 aromatic carbocycles. The molecule has 0 aliphatic carbocycles. The minimum absolute atomic E-state index is 0.0516. The molecule has 1 aromatic rings. The predicted octanol–water partition coefficient (Wildman–Crippen LogP) is 1.33. The molecule has 2 N–H and O–H groups in total. The third-order valence-corrected chi connectivity index (χ3v) is 5.81. The molecular weight excluding hydrogens is 332 g/mol. The van der Waals surface area contributed by atoms with Crippen LogP contribution in [0.15, 0.2) is 23.1 Å². The molecule has 1 aliphatic rings. The lowest BCUT2D eigenvalue weighted by atomic mass is 9.86. The van der Waals surface area contributed by atoms with E-state index in [2.05, 4.69) is 4.72 Å². The summed E-state index contributed by atoms with van der Waals surface area (Å²) in [4.78, 5) is 25.0. The SMILES string of the molecule is CC(C)[C@H](NS(=O)(=O)c1ccc2c(c1)C(C)(C)C(=O)N2C)C(=O)O. The van der Waals surface area contributed by atoms with Crippen molar-refractivity contribution in [1.82, 2.24) is 4.72 Å². The molecule has 0 spiro atoms. The smallest absolute Gasteiger partial charge is 0.322 e. The number of carbonyl (C=O) groups excluding carboxylic acids is 1. The maximum atomic E-state index is 12.6. The maximum absolute atomic E-state index is 12.6. The standard InChI is InChI=1S/C16H22N2O5S/c1-9(2)13(14(19)20)17-24(22,23)10-6-7-12-11(8-10)16(3,4)15(21)18(12)5/h6-9,13,17H,1-5H3,(H,19,20)/t13-/m0/s1. The zero-order valence-corrected chi connectivity index (χ0v) is 15.1. The minimum atomic E-state index is -4.02. The number of rotatable bonds is 5. The number of nitrogens with one attached hydrogen (secondary N) is 1. The number of carbonyl (C=O) groups is 2. The van der Waals surface area contributed by atoms with Crippen LogP contribution in [0.25, 0.3) is 0 Å². The quantitative estimate of drug-likeness (QED) is 0.830. The van der Waals surface area contributed by atoms with Crippen molar-refractivity contribution in [2.75, 3.05) is 11.9 Å². The van der Waals surface area contributed by atoms with Crippen molar-refractivity contribution in [1.29, 1.82) is 0 Å². The van der Waals surface area contributed by atoms with Gasteiger partial charge in [0, 0.05) is 12.7 Å². The predicted molar refractivity (Wildman–Crippen MR) is 89.5 cm³/mol. The Kier molecular flexibility index (Phi) is 4.49. The molecule has 1 amide bonds. The number of benzene rings is 1. The molecule has 0 fully saturated rings. The van der Waals surface area contributed by atoms with Crippen molar-refractivity contribution < 1.29 is 23.1 Å². The van der Waals surface area contributed by atoms with E-state index in [1.165, 1.54) is 17.0 Å². The van der Waals surface area contributed by atoms with E-state index >= 15 is 0 Å². The molecule has 7 nitrogen and oxygen atoms in total. The molecule has 0 bridgehead atoms. The molecule has 1 heterocycles. The van der Waals surface area contributed by atoms with Crippen molar-refractivity contribution >= 4 is 27.6 Å².